The second kappa shape index (κ2) is 7.17. The average molecular weight is 244 g/mol. The number of hydrogen-bond acceptors (Lipinski definition) is 3. The Morgan fingerprint density at radius 2 is 2.31 bits per heavy atom. The minimum Gasteiger partial charge on any atom is -0.346 e. The molecule has 4 heteroatoms. The van der Waals surface area contributed by atoms with E-state index >= 15 is 0 Å². The molecular formula is C12H24N2OS. The van der Waals surface area contributed by atoms with Crippen molar-refractivity contribution in [3.05, 3.63) is 0 Å². The van der Waals surface area contributed by atoms with Gasteiger partial charge in [0.2, 0.25) is 5.91 Å². The zero-order valence-electron chi connectivity index (χ0n) is 10.5. The van der Waals surface area contributed by atoms with Crippen LogP contribution in [0, 0.1) is 5.92 Å². The van der Waals surface area contributed by atoms with Crippen molar-refractivity contribution < 1.29 is 4.79 Å². The van der Waals surface area contributed by atoms with E-state index < -0.39 is 0 Å². The molecule has 1 rings (SSSR count). The monoisotopic (exact) mass is 244 g/mol. The third-order valence-corrected chi connectivity index (χ3v) is 3.57. The first-order valence-corrected chi connectivity index (χ1v) is 6.80. The summed E-state index contributed by atoms with van der Waals surface area (Å²) in [5, 5.41) is 0. The smallest absolute Gasteiger partial charge is 0.223 e. The molecule has 1 unspecified atom stereocenters. The van der Waals surface area contributed by atoms with Crippen LogP contribution in [0.2, 0.25) is 0 Å². The maximum Gasteiger partial charge on any atom is 0.223 e. The molecule has 1 aliphatic heterocycles. The molecule has 0 aromatic rings. The Kier molecular flexibility index (Phi) is 6.21. The Balaban J connectivity index is 2.20. The normalized spacial score (nSPS) is 22.1. The van der Waals surface area contributed by atoms with Gasteiger partial charge in [0.25, 0.3) is 0 Å². The summed E-state index contributed by atoms with van der Waals surface area (Å²) in [6.07, 6.45) is 4.32. The number of likely N-dealkylation sites (tertiary alicyclic amines) is 1. The quantitative estimate of drug-likeness (QED) is 0.741. The molecule has 1 saturated heterocycles. The molecule has 0 aliphatic carbocycles. The van der Waals surface area contributed by atoms with Crippen LogP contribution in [0.15, 0.2) is 0 Å². The van der Waals surface area contributed by atoms with Gasteiger partial charge in [-0.05, 0) is 44.5 Å². The number of carbonyl (C=O) groups is 1. The van der Waals surface area contributed by atoms with Crippen molar-refractivity contribution in [3.63, 3.8) is 0 Å². The molecule has 16 heavy (non-hydrogen) atoms. The molecule has 0 aromatic carbocycles. The molecule has 3 nitrogen and oxygen atoms in total. The van der Waals surface area contributed by atoms with Crippen LogP contribution in [-0.4, -0.2) is 55.2 Å². The highest BCUT2D eigenvalue weighted by molar-refractivity contribution is 7.80. The Labute approximate surface area is 105 Å². The topological polar surface area (TPSA) is 23.6 Å². The maximum absolute atomic E-state index is 11.5. The van der Waals surface area contributed by atoms with Crippen molar-refractivity contribution in [1.82, 2.24) is 9.80 Å². The lowest BCUT2D eigenvalue weighted by atomic mass is 9.95. The van der Waals surface area contributed by atoms with E-state index in [2.05, 4.69) is 24.6 Å². The first-order chi connectivity index (χ1) is 7.63. The van der Waals surface area contributed by atoms with Crippen molar-refractivity contribution in [3.8, 4) is 0 Å². The van der Waals surface area contributed by atoms with Gasteiger partial charge >= 0.3 is 0 Å². The molecule has 1 aliphatic rings. The molecule has 0 bridgehead atoms. The van der Waals surface area contributed by atoms with Gasteiger partial charge < -0.3 is 9.80 Å². The summed E-state index contributed by atoms with van der Waals surface area (Å²) in [6, 6.07) is 0. The predicted molar refractivity (Wildman–Crippen MR) is 70.9 cm³/mol. The van der Waals surface area contributed by atoms with Gasteiger partial charge in [-0.2, -0.15) is 12.6 Å². The van der Waals surface area contributed by atoms with E-state index in [1.165, 1.54) is 25.9 Å². The molecular weight excluding hydrogens is 220 g/mol. The highest BCUT2D eigenvalue weighted by atomic mass is 32.1. The Morgan fingerprint density at radius 3 is 2.94 bits per heavy atom. The zero-order chi connectivity index (χ0) is 12.0. The van der Waals surface area contributed by atoms with Crippen molar-refractivity contribution in [1.29, 1.82) is 0 Å². The Morgan fingerprint density at radius 1 is 1.56 bits per heavy atom. The molecule has 94 valence electrons. The van der Waals surface area contributed by atoms with Crippen LogP contribution in [0.1, 0.15) is 25.7 Å². The van der Waals surface area contributed by atoms with Crippen LogP contribution >= 0.6 is 12.6 Å². The lowest BCUT2D eigenvalue weighted by molar-refractivity contribution is -0.129. The van der Waals surface area contributed by atoms with Crippen LogP contribution in [-0.2, 0) is 4.79 Å². The average Bonchev–Trinajstić information content (AvgIpc) is 2.26. The van der Waals surface area contributed by atoms with E-state index in [1.54, 1.807) is 0 Å². The zero-order valence-corrected chi connectivity index (χ0v) is 11.4. The molecule has 0 radical (unpaired) electrons. The van der Waals surface area contributed by atoms with E-state index in [-0.39, 0.29) is 5.91 Å². The third kappa shape index (κ3) is 4.74. The van der Waals surface area contributed by atoms with Crippen molar-refractivity contribution in [2.45, 2.75) is 25.7 Å². The number of hydrogen-bond donors (Lipinski definition) is 1. The largest absolute Gasteiger partial charge is 0.346 e. The lowest BCUT2D eigenvalue weighted by Crippen LogP contribution is -2.35. The molecule has 0 saturated carbocycles. The molecule has 1 fully saturated rings. The first-order valence-electron chi connectivity index (χ1n) is 6.17. The summed E-state index contributed by atoms with van der Waals surface area (Å²) in [6.45, 7) is 3.31. The van der Waals surface area contributed by atoms with Crippen LogP contribution < -0.4 is 0 Å². The number of amides is 1. The lowest BCUT2D eigenvalue weighted by Gasteiger charge is -2.30. The third-order valence-electron chi connectivity index (χ3n) is 3.35. The van der Waals surface area contributed by atoms with Gasteiger partial charge in [-0.15, -0.1) is 0 Å². The van der Waals surface area contributed by atoms with Crippen molar-refractivity contribution in [2.75, 3.05) is 39.5 Å². The van der Waals surface area contributed by atoms with Gasteiger partial charge in [0.05, 0.1) is 0 Å². The fraction of sp³-hybridized carbons (Fsp3) is 0.917. The summed E-state index contributed by atoms with van der Waals surface area (Å²) >= 11 is 4.08. The number of rotatable bonds is 5. The minimum absolute atomic E-state index is 0.221. The van der Waals surface area contributed by atoms with Gasteiger partial charge in [-0.25, -0.2) is 0 Å². The van der Waals surface area contributed by atoms with Gasteiger partial charge in [-0.3, -0.25) is 4.79 Å². The van der Waals surface area contributed by atoms with Gasteiger partial charge in [-0.1, -0.05) is 0 Å². The van der Waals surface area contributed by atoms with E-state index in [0.717, 1.165) is 18.9 Å². The van der Waals surface area contributed by atoms with Gasteiger partial charge in [0.15, 0.2) is 0 Å². The summed E-state index contributed by atoms with van der Waals surface area (Å²) in [4.78, 5) is 15.8. The number of piperidine rings is 1. The standard InChI is InChI=1S/C12H24N2OS/c1-13-7-3-4-11(10-13)5-8-14(2)12(15)6-9-16/h11,16H,3-10H2,1-2H3. The summed E-state index contributed by atoms with van der Waals surface area (Å²) in [5.74, 6) is 1.64. The van der Waals surface area contributed by atoms with E-state index in [4.69, 9.17) is 0 Å². The van der Waals surface area contributed by atoms with Crippen LogP contribution in [0.25, 0.3) is 0 Å². The molecule has 1 heterocycles. The Hall–Kier alpha value is -0.220. The second-order valence-corrected chi connectivity index (χ2v) is 5.30. The highest BCUT2D eigenvalue weighted by Gasteiger charge is 2.18. The second-order valence-electron chi connectivity index (χ2n) is 4.85. The summed E-state index contributed by atoms with van der Waals surface area (Å²) < 4.78 is 0. The van der Waals surface area contributed by atoms with Crippen LogP contribution in [0.3, 0.4) is 0 Å². The van der Waals surface area contributed by atoms with Gasteiger partial charge in [0.1, 0.15) is 0 Å². The highest BCUT2D eigenvalue weighted by Crippen LogP contribution is 2.18. The van der Waals surface area contributed by atoms with Crippen molar-refractivity contribution in [2.24, 2.45) is 5.92 Å². The van der Waals surface area contributed by atoms with Crippen LogP contribution in [0.4, 0.5) is 0 Å². The maximum atomic E-state index is 11.5. The fourth-order valence-corrected chi connectivity index (χ4v) is 2.49. The van der Waals surface area contributed by atoms with Crippen LogP contribution in [0.5, 0.6) is 0 Å². The number of carbonyl (C=O) groups excluding carboxylic acids is 1. The summed E-state index contributed by atoms with van der Waals surface area (Å²) in [5.41, 5.74) is 0. The van der Waals surface area contributed by atoms with Crippen molar-refractivity contribution >= 4 is 18.5 Å². The minimum atomic E-state index is 0.221. The van der Waals surface area contributed by atoms with E-state index in [1.807, 2.05) is 11.9 Å². The molecule has 1 atom stereocenters. The van der Waals surface area contributed by atoms with E-state index in [9.17, 15) is 4.79 Å². The Bertz CT molecular complexity index is 223. The molecule has 0 aromatic heterocycles. The molecule has 0 N–H and O–H groups in total. The first kappa shape index (κ1) is 13.8. The summed E-state index contributed by atoms with van der Waals surface area (Å²) in [7, 11) is 4.08. The molecule has 0 spiro atoms. The fourth-order valence-electron chi connectivity index (χ4n) is 2.30. The predicted octanol–water partition coefficient (Wildman–Crippen LogP) is 1.50. The van der Waals surface area contributed by atoms with E-state index in [0.29, 0.717) is 12.2 Å². The molecule has 1 amide bonds. The number of thiol groups is 1. The van der Waals surface area contributed by atoms with Gasteiger partial charge in [0, 0.05) is 26.6 Å². The SMILES string of the molecule is CN1CCCC(CCN(C)C(=O)CCS)C1. The number of nitrogens with zero attached hydrogens (tertiary/aromatic N) is 2.